The average molecular weight is 427 g/mol. The van der Waals surface area contributed by atoms with Crippen molar-refractivity contribution >= 4 is 24.3 Å². The van der Waals surface area contributed by atoms with E-state index in [0.29, 0.717) is 32.0 Å². The Morgan fingerprint density at radius 2 is 2.14 bits per heavy atom. The van der Waals surface area contributed by atoms with Crippen LogP contribution < -0.4 is 10.6 Å². The Morgan fingerprint density at radius 3 is 2.83 bits per heavy atom. The predicted molar refractivity (Wildman–Crippen MR) is 115 cm³/mol. The van der Waals surface area contributed by atoms with E-state index in [9.17, 15) is 9.59 Å². The molecule has 3 rings (SSSR count). The summed E-state index contributed by atoms with van der Waals surface area (Å²) >= 11 is 0. The minimum atomic E-state index is -0.0321. The fourth-order valence-electron chi connectivity index (χ4n) is 4.12. The molecule has 2 N–H and O–H groups in total. The van der Waals surface area contributed by atoms with Crippen molar-refractivity contribution in [2.75, 3.05) is 39.3 Å². The summed E-state index contributed by atoms with van der Waals surface area (Å²) in [5.74, 6) is 1.74. The molecule has 0 radical (unpaired) electrons. The summed E-state index contributed by atoms with van der Waals surface area (Å²) in [6.07, 6.45) is 6.15. The number of aryl methyl sites for hydroxylation is 1. The SMILES string of the molecule is CC(C)CNC(=O)N1CCCC(CC(=O)N2CCNCC2c2nccn2C)C1.Cl. The van der Waals surface area contributed by atoms with Gasteiger partial charge in [0, 0.05) is 65.1 Å². The molecule has 0 aromatic carbocycles. The van der Waals surface area contributed by atoms with Crippen molar-refractivity contribution in [1.82, 2.24) is 30.0 Å². The van der Waals surface area contributed by atoms with Crippen LogP contribution in [0.1, 0.15) is 45.0 Å². The highest BCUT2D eigenvalue weighted by Crippen LogP contribution is 2.25. The third kappa shape index (κ3) is 6.09. The molecule has 2 saturated heterocycles. The number of aromatic nitrogens is 2. The Balaban J connectivity index is 0.00000300. The zero-order valence-electron chi connectivity index (χ0n) is 17.8. The first kappa shape index (κ1) is 23.5. The second-order valence-electron chi connectivity index (χ2n) is 8.44. The summed E-state index contributed by atoms with van der Waals surface area (Å²) in [5, 5.41) is 6.37. The van der Waals surface area contributed by atoms with Crippen LogP contribution >= 0.6 is 12.4 Å². The molecule has 2 aliphatic rings. The molecule has 29 heavy (non-hydrogen) atoms. The zero-order chi connectivity index (χ0) is 20.1. The maximum atomic E-state index is 13.1. The number of nitrogens with one attached hydrogen (secondary N) is 2. The van der Waals surface area contributed by atoms with E-state index in [1.165, 1.54) is 0 Å². The molecule has 2 aliphatic heterocycles. The van der Waals surface area contributed by atoms with Crippen LogP contribution in [0.15, 0.2) is 12.4 Å². The molecule has 2 unspecified atom stereocenters. The zero-order valence-corrected chi connectivity index (χ0v) is 18.6. The molecule has 164 valence electrons. The van der Waals surface area contributed by atoms with Crippen LogP contribution in [0.5, 0.6) is 0 Å². The van der Waals surface area contributed by atoms with Gasteiger partial charge in [0.25, 0.3) is 0 Å². The van der Waals surface area contributed by atoms with Crippen molar-refractivity contribution in [1.29, 1.82) is 0 Å². The summed E-state index contributed by atoms with van der Waals surface area (Å²) in [7, 11) is 1.97. The molecule has 0 aliphatic carbocycles. The van der Waals surface area contributed by atoms with Gasteiger partial charge in [0.2, 0.25) is 5.91 Å². The lowest BCUT2D eigenvalue weighted by Crippen LogP contribution is -2.51. The number of urea groups is 1. The summed E-state index contributed by atoms with van der Waals surface area (Å²) in [5.41, 5.74) is 0. The van der Waals surface area contributed by atoms with Gasteiger partial charge in [-0.25, -0.2) is 9.78 Å². The molecule has 1 aromatic heterocycles. The minimum Gasteiger partial charge on any atom is -0.338 e. The van der Waals surface area contributed by atoms with Gasteiger partial charge >= 0.3 is 6.03 Å². The molecule has 2 atom stereocenters. The van der Waals surface area contributed by atoms with E-state index in [1.807, 2.05) is 27.6 Å². The smallest absolute Gasteiger partial charge is 0.317 e. The van der Waals surface area contributed by atoms with Gasteiger partial charge in [0.05, 0.1) is 0 Å². The number of piperazine rings is 1. The van der Waals surface area contributed by atoms with Crippen molar-refractivity contribution in [2.45, 2.75) is 39.2 Å². The number of amides is 3. The number of rotatable bonds is 5. The Hall–Kier alpha value is -1.80. The Morgan fingerprint density at radius 1 is 1.34 bits per heavy atom. The molecule has 0 spiro atoms. The summed E-state index contributed by atoms with van der Waals surface area (Å²) in [4.78, 5) is 33.8. The van der Waals surface area contributed by atoms with Crippen molar-refractivity contribution in [2.24, 2.45) is 18.9 Å². The molecule has 1 aromatic rings. The van der Waals surface area contributed by atoms with Crippen LogP contribution in [0.2, 0.25) is 0 Å². The second-order valence-corrected chi connectivity index (χ2v) is 8.44. The number of carbonyl (C=O) groups excluding carboxylic acids is 2. The fraction of sp³-hybridized carbons (Fsp3) is 0.750. The summed E-state index contributed by atoms with van der Waals surface area (Å²) in [6, 6.07) is -0.0332. The summed E-state index contributed by atoms with van der Waals surface area (Å²) < 4.78 is 1.99. The third-order valence-electron chi connectivity index (χ3n) is 5.65. The maximum absolute atomic E-state index is 13.1. The van der Waals surface area contributed by atoms with E-state index in [1.54, 1.807) is 6.20 Å². The van der Waals surface area contributed by atoms with Crippen molar-refractivity contribution in [3.8, 4) is 0 Å². The lowest BCUT2D eigenvalue weighted by Gasteiger charge is -2.38. The molecule has 8 nitrogen and oxygen atoms in total. The molecular weight excluding hydrogens is 392 g/mol. The highest BCUT2D eigenvalue weighted by Gasteiger charge is 2.33. The normalized spacial score (nSPS) is 22.3. The average Bonchev–Trinajstić information content (AvgIpc) is 3.12. The summed E-state index contributed by atoms with van der Waals surface area (Å²) in [6.45, 7) is 8.53. The first-order valence-corrected chi connectivity index (χ1v) is 10.5. The third-order valence-corrected chi connectivity index (χ3v) is 5.65. The monoisotopic (exact) mass is 426 g/mol. The van der Waals surface area contributed by atoms with Gasteiger partial charge in [-0.3, -0.25) is 4.79 Å². The van der Waals surface area contributed by atoms with Gasteiger partial charge in [-0.1, -0.05) is 13.8 Å². The van der Waals surface area contributed by atoms with Crippen LogP contribution in [0.25, 0.3) is 0 Å². The van der Waals surface area contributed by atoms with Crippen LogP contribution in [-0.2, 0) is 11.8 Å². The predicted octanol–water partition coefficient (Wildman–Crippen LogP) is 1.78. The van der Waals surface area contributed by atoms with Crippen molar-refractivity contribution in [3.05, 3.63) is 18.2 Å². The molecule has 2 fully saturated rings. The number of hydrogen-bond acceptors (Lipinski definition) is 4. The van der Waals surface area contributed by atoms with Gasteiger partial charge in [0.15, 0.2) is 0 Å². The van der Waals surface area contributed by atoms with Gasteiger partial charge in [-0.15, -0.1) is 12.4 Å². The van der Waals surface area contributed by atoms with Gasteiger partial charge in [0.1, 0.15) is 11.9 Å². The molecule has 0 bridgehead atoms. The molecule has 9 heteroatoms. The Bertz CT molecular complexity index is 680. The minimum absolute atomic E-state index is 0. The molecule has 0 saturated carbocycles. The second kappa shape index (κ2) is 10.8. The number of nitrogens with zero attached hydrogens (tertiary/aromatic N) is 4. The Labute approximate surface area is 179 Å². The standard InChI is InChI=1S/C20H34N6O2.ClH/c1-15(2)12-23-20(28)25-8-4-5-16(14-25)11-18(27)26-10-6-21-13-17(26)19-22-7-9-24(19)3;/h7,9,15-17,21H,4-6,8,10-14H2,1-3H3,(H,23,28);1H. The Kier molecular flexibility index (Phi) is 8.77. The van der Waals surface area contributed by atoms with Crippen LogP contribution in [0, 0.1) is 11.8 Å². The highest BCUT2D eigenvalue weighted by molar-refractivity contribution is 5.85. The molecule has 3 amide bonds. The quantitative estimate of drug-likeness (QED) is 0.751. The topological polar surface area (TPSA) is 82.5 Å². The van der Waals surface area contributed by atoms with E-state index in [4.69, 9.17) is 0 Å². The van der Waals surface area contributed by atoms with Crippen molar-refractivity contribution in [3.63, 3.8) is 0 Å². The van der Waals surface area contributed by atoms with E-state index in [0.717, 1.165) is 38.3 Å². The lowest BCUT2D eigenvalue weighted by atomic mass is 9.94. The van der Waals surface area contributed by atoms with E-state index in [-0.39, 0.29) is 36.3 Å². The molecular formula is C20H35ClN6O2. The van der Waals surface area contributed by atoms with Crippen LogP contribution in [0.4, 0.5) is 4.79 Å². The van der Waals surface area contributed by atoms with Gasteiger partial charge in [-0.05, 0) is 24.7 Å². The van der Waals surface area contributed by atoms with Gasteiger partial charge < -0.3 is 25.0 Å². The first-order valence-electron chi connectivity index (χ1n) is 10.5. The van der Waals surface area contributed by atoms with E-state index in [2.05, 4.69) is 29.5 Å². The molecule has 3 heterocycles. The number of carbonyl (C=O) groups is 2. The number of hydrogen-bond donors (Lipinski definition) is 2. The first-order chi connectivity index (χ1) is 13.5. The van der Waals surface area contributed by atoms with Crippen LogP contribution in [0.3, 0.4) is 0 Å². The number of imidazole rings is 1. The fourth-order valence-corrected chi connectivity index (χ4v) is 4.12. The van der Waals surface area contributed by atoms with E-state index >= 15 is 0 Å². The largest absolute Gasteiger partial charge is 0.338 e. The maximum Gasteiger partial charge on any atom is 0.317 e. The number of likely N-dealkylation sites (tertiary alicyclic amines) is 1. The van der Waals surface area contributed by atoms with Gasteiger partial charge in [-0.2, -0.15) is 0 Å². The van der Waals surface area contributed by atoms with Crippen LogP contribution in [-0.4, -0.2) is 70.6 Å². The lowest BCUT2D eigenvalue weighted by molar-refractivity contribution is -0.136. The van der Waals surface area contributed by atoms with Crippen molar-refractivity contribution < 1.29 is 9.59 Å². The highest BCUT2D eigenvalue weighted by atomic mass is 35.5. The number of piperidine rings is 1. The van der Waals surface area contributed by atoms with E-state index < -0.39 is 0 Å². The number of halogens is 1.